The van der Waals surface area contributed by atoms with Crippen LogP contribution in [-0.2, 0) is 20.7 Å². The average Bonchev–Trinajstić information content (AvgIpc) is 2.50. The van der Waals surface area contributed by atoms with Gasteiger partial charge >= 0.3 is 6.09 Å². The first-order valence-corrected chi connectivity index (χ1v) is 9.81. The van der Waals surface area contributed by atoms with Gasteiger partial charge in [0.15, 0.2) is 0 Å². The van der Waals surface area contributed by atoms with Gasteiger partial charge < -0.3 is 9.47 Å². The predicted octanol–water partition coefficient (Wildman–Crippen LogP) is 3.83. The second-order valence-corrected chi connectivity index (χ2v) is 9.04. The fraction of sp³-hybridized carbons (Fsp3) is 0.636. The Morgan fingerprint density at radius 2 is 1.63 bits per heavy atom. The van der Waals surface area contributed by atoms with Crippen molar-refractivity contribution in [2.45, 2.75) is 71.6 Å². The molecule has 0 aliphatic carbocycles. The number of piperidine rings is 1. The summed E-state index contributed by atoms with van der Waals surface area (Å²) in [6, 6.07) is 6.13. The third-order valence-corrected chi connectivity index (χ3v) is 5.24. The molecule has 3 rings (SSSR count). The van der Waals surface area contributed by atoms with Gasteiger partial charge in [-0.15, -0.1) is 0 Å². The smallest absolute Gasteiger partial charge is 0.410 e. The Bertz CT molecular complexity index is 687. The van der Waals surface area contributed by atoms with E-state index in [0.29, 0.717) is 32.5 Å². The van der Waals surface area contributed by atoms with E-state index in [-0.39, 0.29) is 29.9 Å². The number of nitrogens with zero attached hydrogens (tertiary/aromatic N) is 1. The second kappa shape index (κ2) is 7.63. The van der Waals surface area contributed by atoms with Gasteiger partial charge in [-0.2, -0.15) is 0 Å². The number of hydrogen-bond donors (Lipinski definition) is 0. The van der Waals surface area contributed by atoms with E-state index in [9.17, 15) is 9.59 Å². The summed E-state index contributed by atoms with van der Waals surface area (Å²) < 4.78 is 11.2. The topological polar surface area (TPSA) is 55.8 Å². The van der Waals surface area contributed by atoms with Crippen LogP contribution in [0.15, 0.2) is 18.2 Å². The third kappa shape index (κ3) is 4.89. The normalized spacial score (nSPS) is 25.2. The first-order chi connectivity index (χ1) is 12.6. The van der Waals surface area contributed by atoms with E-state index in [4.69, 9.17) is 9.47 Å². The largest absolute Gasteiger partial charge is 0.444 e. The molecule has 0 aromatic heterocycles. The van der Waals surface area contributed by atoms with Gasteiger partial charge in [-0.05, 0) is 53.0 Å². The van der Waals surface area contributed by atoms with Crippen LogP contribution in [0, 0.1) is 19.8 Å². The van der Waals surface area contributed by atoms with Gasteiger partial charge in [0, 0.05) is 12.3 Å². The van der Waals surface area contributed by atoms with Crippen LogP contribution >= 0.6 is 0 Å². The van der Waals surface area contributed by atoms with E-state index >= 15 is 0 Å². The van der Waals surface area contributed by atoms with Crippen LogP contribution in [0.2, 0.25) is 0 Å². The number of aryl methyl sites for hydroxylation is 2. The third-order valence-electron chi connectivity index (χ3n) is 5.24. The number of rotatable bonds is 3. The van der Waals surface area contributed by atoms with Crippen LogP contribution in [0.25, 0.3) is 0 Å². The molecule has 2 bridgehead atoms. The zero-order chi connectivity index (χ0) is 19.8. The first-order valence-electron chi connectivity index (χ1n) is 9.81. The van der Waals surface area contributed by atoms with Crippen LogP contribution in [0.1, 0.15) is 50.3 Å². The van der Waals surface area contributed by atoms with Gasteiger partial charge in [-0.1, -0.05) is 29.3 Å². The molecular weight excluding hydrogens is 342 g/mol. The summed E-state index contributed by atoms with van der Waals surface area (Å²) >= 11 is 0. The van der Waals surface area contributed by atoms with Gasteiger partial charge in [0.05, 0.1) is 25.3 Å². The summed E-state index contributed by atoms with van der Waals surface area (Å²) in [6.45, 7) is 10.7. The SMILES string of the molecule is Cc1cc(C)cc(CC(=O)C2CC3COCC(C2)N3C(=O)OC(C)(C)C)c1. The lowest BCUT2D eigenvalue weighted by atomic mass is 9.81. The van der Waals surface area contributed by atoms with Gasteiger partial charge in [0.1, 0.15) is 11.4 Å². The lowest BCUT2D eigenvalue weighted by molar-refractivity contribution is -0.131. The molecule has 148 valence electrons. The van der Waals surface area contributed by atoms with E-state index in [1.807, 2.05) is 25.7 Å². The minimum absolute atomic E-state index is 0.0246. The Hall–Kier alpha value is -1.88. The van der Waals surface area contributed by atoms with Crippen molar-refractivity contribution in [1.82, 2.24) is 4.90 Å². The molecule has 1 aromatic carbocycles. The van der Waals surface area contributed by atoms with Crippen LogP contribution in [0.4, 0.5) is 4.79 Å². The summed E-state index contributed by atoms with van der Waals surface area (Å²) in [5.74, 6) is 0.240. The molecule has 0 spiro atoms. The lowest BCUT2D eigenvalue weighted by Gasteiger charge is -2.47. The summed E-state index contributed by atoms with van der Waals surface area (Å²) in [7, 11) is 0. The monoisotopic (exact) mass is 373 g/mol. The molecule has 2 saturated heterocycles. The Morgan fingerprint density at radius 1 is 1.07 bits per heavy atom. The number of ketones is 1. The molecule has 27 heavy (non-hydrogen) atoms. The highest BCUT2D eigenvalue weighted by Gasteiger charge is 2.44. The fourth-order valence-electron chi connectivity index (χ4n) is 4.31. The van der Waals surface area contributed by atoms with Crippen LogP contribution in [0.3, 0.4) is 0 Å². The van der Waals surface area contributed by atoms with Crippen molar-refractivity contribution in [3.63, 3.8) is 0 Å². The standard InChI is InChI=1S/C22H31NO4/c1-14-6-15(2)8-16(7-14)9-20(24)17-10-18-12-26-13-19(11-17)23(18)21(25)27-22(3,4)5/h6-8,17-19H,9-13H2,1-5H3. The van der Waals surface area contributed by atoms with E-state index in [1.165, 1.54) is 11.1 Å². The molecule has 2 aliphatic rings. The molecule has 2 aliphatic heterocycles. The minimum atomic E-state index is -0.526. The van der Waals surface area contributed by atoms with E-state index in [1.54, 1.807) is 0 Å². The van der Waals surface area contributed by atoms with Gasteiger partial charge in [-0.25, -0.2) is 4.79 Å². The zero-order valence-corrected chi connectivity index (χ0v) is 17.1. The van der Waals surface area contributed by atoms with Crippen LogP contribution < -0.4 is 0 Å². The predicted molar refractivity (Wildman–Crippen MR) is 104 cm³/mol. The first kappa shape index (κ1) is 19.9. The summed E-state index contributed by atoms with van der Waals surface area (Å²) in [6.07, 6.45) is 1.47. The van der Waals surface area contributed by atoms with Gasteiger partial charge in [-0.3, -0.25) is 9.69 Å². The number of Topliss-reactive ketones (excluding diaryl/α,β-unsaturated/α-hetero) is 1. The number of fused-ring (bicyclic) bond motifs is 2. The van der Waals surface area contributed by atoms with Crippen molar-refractivity contribution in [3.8, 4) is 0 Å². The highest BCUT2D eigenvalue weighted by molar-refractivity contribution is 5.84. The quantitative estimate of drug-likeness (QED) is 0.808. The van der Waals surface area contributed by atoms with E-state index in [2.05, 4.69) is 32.0 Å². The van der Waals surface area contributed by atoms with Crippen molar-refractivity contribution >= 4 is 11.9 Å². The lowest BCUT2D eigenvalue weighted by Crippen LogP contribution is -2.60. The molecule has 0 saturated carbocycles. The molecule has 2 atom stereocenters. The van der Waals surface area contributed by atoms with E-state index < -0.39 is 5.60 Å². The van der Waals surface area contributed by atoms with Crippen molar-refractivity contribution in [3.05, 3.63) is 34.9 Å². The Morgan fingerprint density at radius 3 is 2.15 bits per heavy atom. The van der Waals surface area contributed by atoms with Crippen molar-refractivity contribution < 1.29 is 19.1 Å². The molecule has 0 N–H and O–H groups in total. The number of hydrogen-bond acceptors (Lipinski definition) is 4. The van der Waals surface area contributed by atoms with E-state index in [0.717, 1.165) is 5.56 Å². The Kier molecular flexibility index (Phi) is 5.61. The van der Waals surface area contributed by atoms with Crippen molar-refractivity contribution in [2.24, 2.45) is 5.92 Å². The maximum Gasteiger partial charge on any atom is 0.410 e. The molecule has 5 nitrogen and oxygen atoms in total. The van der Waals surface area contributed by atoms with Gasteiger partial charge in [0.2, 0.25) is 0 Å². The number of benzene rings is 1. The number of ether oxygens (including phenoxy) is 2. The molecule has 2 heterocycles. The summed E-state index contributed by atoms with van der Waals surface area (Å²) in [5, 5.41) is 0. The number of morpholine rings is 1. The molecule has 5 heteroatoms. The number of carbonyl (C=O) groups excluding carboxylic acids is 2. The molecule has 2 unspecified atom stereocenters. The summed E-state index contributed by atoms with van der Waals surface area (Å²) in [5.41, 5.74) is 2.92. The second-order valence-electron chi connectivity index (χ2n) is 9.04. The minimum Gasteiger partial charge on any atom is -0.444 e. The van der Waals surface area contributed by atoms with Gasteiger partial charge in [0.25, 0.3) is 0 Å². The number of carbonyl (C=O) groups is 2. The maximum atomic E-state index is 13.0. The fourth-order valence-corrected chi connectivity index (χ4v) is 4.31. The average molecular weight is 373 g/mol. The van der Waals surface area contributed by atoms with Crippen molar-refractivity contribution in [2.75, 3.05) is 13.2 Å². The zero-order valence-electron chi connectivity index (χ0n) is 17.1. The maximum absolute atomic E-state index is 13.0. The number of amides is 1. The molecule has 2 fully saturated rings. The highest BCUT2D eigenvalue weighted by atomic mass is 16.6. The van der Waals surface area contributed by atoms with Crippen molar-refractivity contribution in [1.29, 1.82) is 0 Å². The molecular formula is C22H31NO4. The Labute approximate surface area is 162 Å². The molecule has 1 amide bonds. The summed E-state index contributed by atoms with van der Waals surface area (Å²) in [4.78, 5) is 27.4. The van der Waals surface area contributed by atoms with Crippen LogP contribution in [0.5, 0.6) is 0 Å². The highest BCUT2D eigenvalue weighted by Crippen LogP contribution is 2.34. The van der Waals surface area contributed by atoms with Crippen LogP contribution in [-0.4, -0.2) is 47.7 Å². The Balaban J connectivity index is 1.68. The molecule has 0 radical (unpaired) electrons. The molecule has 1 aromatic rings.